The summed E-state index contributed by atoms with van der Waals surface area (Å²) in [6.45, 7) is 5.51. The topological polar surface area (TPSA) is 77.2 Å². The number of rotatable bonds is 5. The van der Waals surface area contributed by atoms with Gasteiger partial charge in [0.15, 0.2) is 0 Å². The molecule has 0 aliphatic carbocycles. The van der Waals surface area contributed by atoms with E-state index in [-0.39, 0.29) is 12.0 Å². The molecule has 0 fully saturated rings. The molecule has 112 valence electrons. The van der Waals surface area contributed by atoms with Crippen molar-refractivity contribution in [3.63, 3.8) is 0 Å². The number of nitrogens with two attached hydrogens (primary N) is 1. The minimum Gasteiger partial charge on any atom is -0.424 e. The summed E-state index contributed by atoms with van der Waals surface area (Å²) in [5.41, 5.74) is 5.70. The zero-order valence-corrected chi connectivity index (χ0v) is 13.2. The summed E-state index contributed by atoms with van der Waals surface area (Å²) in [4.78, 5) is 14.2. The van der Waals surface area contributed by atoms with Crippen molar-refractivity contribution < 1.29 is 4.74 Å². The van der Waals surface area contributed by atoms with Gasteiger partial charge in [0.25, 0.3) is 0 Å². The van der Waals surface area contributed by atoms with Gasteiger partial charge in [0.1, 0.15) is 5.75 Å². The van der Waals surface area contributed by atoms with Crippen molar-refractivity contribution in [2.24, 2.45) is 0 Å². The predicted octanol–water partition coefficient (Wildman–Crippen LogP) is 3.40. The van der Waals surface area contributed by atoms with Crippen LogP contribution in [0.4, 0.5) is 11.9 Å². The molecule has 2 N–H and O–H groups in total. The third-order valence-corrected chi connectivity index (χ3v) is 3.15. The third-order valence-electron chi connectivity index (χ3n) is 2.71. The summed E-state index contributed by atoms with van der Waals surface area (Å²) in [7, 11) is 0. The Bertz CT molecular complexity index is 614. The van der Waals surface area contributed by atoms with Gasteiger partial charge in [0.2, 0.25) is 11.9 Å². The average molecular weight is 328 g/mol. The minimum absolute atomic E-state index is 0.0926. The third kappa shape index (κ3) is 4.09. The second kappa shape index (κ2) is 6.78. The quantitative estimate of drug-likeness (QED) is 0.906. The van der Waals surface area contributed by atoms with Crippen LogP contribution in [0.5, 0.6) is 11.8 Å². The van der Waals surface area contributed by atoms with E-state index >= 15 is 0 Å². The predicted molar refractivity (Wildman–Crippen MR) is 84.3 cm³/mol. The van der Waals surface area contributed by atoms with E-state index in [4.69, 9.17) is 33.7 Å². The van der Waals surface area contributed by atoms with E-state index in [1.54, 1.807) is 18.2 Å². The van der Waals surface area contributed by atoms with Crippen LogP contribution in [-0.2, 0) is 0 Å². The maximum Gasteiger partial charge on any atom is 0.328 e. The molecule has 1 aromatic heterocycles. The van der Waals surface area contributed by atoms with Gasteiger partial charge in [0, 0.05) is 23.1 Å². The first-order chi connectivity index (χ1) is 10.0. The SMILES string of the molecule is CCN(CC)c1nc(N)nc(Oc2cc(Cl)cc(Cl)c2)n1. The standard InChI is InChI=1S/C13H15Cl2N5O/c1-3-20(4-2)12-17-11(16)18-13(19-12)21-10-6-8(14)5-9(15)7-10/h5-7H,3-4H2,1-2H3,(H2,16,17,18,19). The summed E-state index contributed by atoms with van der Waals surface area (Å²) in [5, 5.41) is 0.923. The highest BCUT2D eigenvalue weighted by Gasteiger charge is 2.11. The molecule has 8 heteroatoms. The van der Waals surface area contributed by atoms with Crippen molar-refractivity contribution in [1.29, 1.82) is 0 Å². The van der Waals surface area contributed by atoms with E-state index in [0.717, 1.165) is 13.1 Å². The van der Waals surface area contributed by atoms with Crippen LogP contribution in [0.1, 0.15) is 13.8 Å². The second-order valence-corrected chi connectivity index (χ2v) is 5.03. The summed E-state index contributed by atoms with van der Waals surface area (Å²) in [5.74, 6) is 0.995. The Labute approximate surface area is 132 Å². The Balaban J connectivity index is 2.31. The van der Waals surface area contributed by atoms with Crippen LogP contribution in [0.3, 0.4) is 0 Å². The monoisotopic (exact) mass is 327 g/mol. The van der Waals surface area contributed by atoms with Crippen LogP contribution in [0.15, 0.2) is 18.2 Å². The Morgan fingerprint density at radius 3 is 2.24 bits per heavy atom. The molecule has 2 rings (SSSR count). The number of hydrogen-bond donors (Lipinski definition) is 1. The van der Waals surface area contributed by atoms with Crippen molar-refractivity contribution >= 4 is 35.1 Å². The maximum atomic E-state index is 5.92. The number of halogens is 2. The number of nitrogens with zero attached hydrogens (tertiary/aromatic N) is 4. The van der Waals surface area contributed by atoms with Crippen LogP contribution in [0.25, 0.3) is 0 Å². The van der Waals surface area contributed by atoms with Gasteiger partial charge in [-0.2, -0.15) is 15.0 Å². The zero-order valence-electron chi connectivity index (χ0n) is 11.7. The normalized spacial score (nSPS) is 10.5. The fraction of sp³-hybridized carbons (Fsp3) is 0.308. The molecule has 0 amide bonds. The number of nitrogen functional groups attached to an aromatic ring is 1. The first-order valence-electron chi connectivity index (χ1n) is 6.42. The number of aromatic nitrogens is 3. The van der Waals surface area contributed by atoms with E-state index in [2.05, 4.69) is 15.0 Å². The summed E-state index contributed by atoms with van der Waals surface area (Å²) < 4.78 is 5.56. The Hall–Kier alpha value is -1.79. The molecule has 2 aromatic rings. The minimum atomic E-state index is 0.0926. The van der Waals surface area contributed by atoms with Gasteiger partial charge in [-0.05, 0) is 32.0 Å². The lowest BCUT2D eigenvalue weighted by Gasteiger charge is -2.18. The summed E-state index contributed by atoms with van der Waals surface area (Å²) in [6, 6.07) is 4.94. The van der Waals surface area contributed by atoms with Gasteiger partial charge in [-0.25, -0.2) is 0 Å². The molecule has 0 aliphatic heterocycles. The molecular formula is C13H15Cl2N5O. The lowest BCUT2D eigenvalue weighted by atomic mass is 10.3. The molecular weight excluding hydrogens is 313 g/mol. The molecule has 0 spiro atoms. The van der Waals surface area contributed by atoms with Gasteiger partial charge in [-0.3, -0.25) is 0 Å². The van der Waals surface area contributed by atoms with E-state index in [1.165, 1.54) is 0 Å². The van der Waals surface area contributed by atoms with E-state index in [9.17, 15) is 0 Å². The fourth-order valence-electron chi connectivity index (χ4n) is 1.75. The molecule has 21 heavy (non-hydrogen) atoms. The van der Waals surface area contributed by atoms with E-state index in [0.29, 0.717) is 21.7 Å². The van der Waals surface area contributed by atoms with Gasteiger partial charge >= 0.3 is 6.01 Å². The summed E-state index contributed by atoms with van der Waals surface area (Å²) >= 11 is 11.8. The molecule has 6 nitrogen and oxygen atoms in total. The van der Waals surface area contributed by atoms with Gasteiger partial charge in [0.05, 0.1) is 0 Å². The highest BCUT2D eigenvalue weighted by Crippen LogP contribution is 2.27. The molecule has 0 atom stereocenters. The van der Waals surface area contributed by atoms with Gasteiger partial charge in [-0.1, -0.05) is 23.2 Å². The highest BCUT2D eigenvalue weighted by atomic mass is 35.5. The van der Waals surface area contributed by atoms with Crippen LogP contribution in [-0.4, -0.2) is 28.0 Å². The lowest BCUT2D eigenvalue weighted by Crippen LogP contribution is -2.25. The second-order valence-electron chi connectivity index (χ2n) is 4.16. The Kier molecular flexibility index (Phi) is 5.03. The van der Waals surface area contributed by atoms with Gasteiger partial charge < -0.3 is 15.4 Å². The van der Waals surface area contributed by atoms with Crippen LogP contribution < -0.4 is 15.4 Å². The molecule has 0 unspecified atom stereocenters. The average Bonchev–Trinajstić information content (AvgIpc) is 2.38. The highest BCUT2D eigenvalue weighted by molar-refractivity contribution is 6.34. The molecule has 0 saturated carbocycles. The summed E-state index contributed by atoms with van der Waals surface area (Å²) in [6.07, 6.45) is 0. The van der Waals surface area contributed by atoms with Gasteiger partial charge in [-0.15, -0.1) is 0 Å². The van der Waals surface area contributed by atoms with Crippen LogP contribution >= 0.6 is 23.2 Å². The first-order valence-corrected chi connectivity index (χ1v) is 7.17. The van der Waals surface area contributed by atoms with Crippen molar-refractivity contribution in [3.05, 3.63) is 28.2 Å². The van der Waals surface area contributed by atoms with E-state index < -0.39 is 0 Å². The molecule has 0 aliphatic rings. The first kappa shape index (κ1) is 15.6. The number of anilines is 2. The Morgan fingerprint density at radius 2 is 1.67 bits per heavy atom. The van der Waals surface area contributed by atoms with Crippen LogP contribution in [0, 0.1) is 0 Å². The smallest absolute Gasteiger partial charge is 0.328 e. The number of hydrogen-bond acceptors (Lipinski definition) is 6. The molecule has 0 radical (unpaired) electrons. The van der Waals surface area contributed by atoms with Crippen molar-refractivity contribution in [2.45, 2.75) is 13.8 Å². The van der Waals surface area contributed by atoms with Crippen molar-refractivity contribution in [3.8, 4) is 11.8 Å². The maximum absolute atomic E-state index is 5.92. The largest absolute Gasteiger partial charge is 0.424 e. The molecule has 1 aromatic carbocycles. The fourth-order valence-corrected chi connectivity index (χ4v) is 2.25. The molecule has 0 saturated heterocycles. The number of ether oxygens (including phenoxy) is 1. The Morgan fingerprint density at radius 1 is 1.05 bits per heavy atom. The van der Waals surface area contributed by atoms with E-state index in [1.807, 2.05) is 18.7 Å². The van der Waals surface area contributed by atoms with Crippen molar-refractivity contribution in [2.75, 3.05) is 23.7 Å². The van der Waals surface area contributed by atoms with Crippen LogP contribution in [0.2, 0.25) is 10.0 Å². The lowest BCUT2D eigenvalue weighted by molar-refractivity contribution is 0.440. The number of benzene rings is 1. The molecule has 1 heterocycles. The van der Waals surface area contributed by atoms with Crippen molar-refractivity contribution in [1.82, 2.24) is 15.0 Å². The zero-order chi connectivity index (χ0) is 15.4. The molecule has 0 bridgehead atoms.